The summed E-state index contributed by atoms with van der Waals surface area (Å²) in [4.78, 5) is 33.7. The van der Waals surface area contributed by atoms with Crippen LogP contribution in [0.15, 0.2) is 70.3 Å². The lowest BCUT2D eigenvalue weighted by Crippen LogP contribution is -2.62. The number of nitrogens with zero attached hydrogens (tertiary/aromatic N) is 3. The van der Waals surface area contributed by atoms with Gasteiger partial charge < -0.3 is 15.2 Å². The number of fused-ring (bicyclic) bond motifs is 7. The van der Waals surface area contributed by atoms with Crippen LogP contribution in [0.1, 0.15) is 57.2 Å². The van der Waals surface area contributed by atoms with Crippen molar-refractivity contribution in [1.82, 2.24) is 19.7 Å². The van der Waals surface area contributed by atoms with E-state index in [1.54, 1.807) is 30.3 Å². The summed E-state index contributed by atoms with van der Waals surface area (Å²) in [6.07, 6.45) is 7.36. The number of rotatable bonds is 5. The lowest BCUT2D eigenvalue weighted by Gasteiger charge is -2.60. The monoisotopic (exact) mass is 640 g/mol. The second kappa shape index (κ2) is 10.5. The molecule has 2 heterocycles. The molecule has 7 atom stereocenters. The Hall–Kier alpha value is -3.60. The molecule has 2 aromatic heterocycles. The molecular weight excluding hydrogens is 603 g/mol. The molecule has 0 amide bonds. The molecule has 10 heteroatoms. The van der Waals surface area contributed by atoms with Crippen LogP contribution in [0.25, 0.3) is 22.7 Å². The highest BCUT2D eigenvalue weighted by Crippen LogP contribution is 2.67. The standard InChI is InChI=1S/C36H37FN4O4S/c1-34-16-20-18-38-41(23-10-8-22(37)9-11-23)28(20)15-21(34)7-12-24-26-13-14-36(45,35(26,2)17-29(42)31(24)34)30(43)19-46-33-39-27-6-4-3-5-25(27)32(44)40-33/h3-6,8-11,15,18,24,26,29,31,42,45H,7,12-14,16-17,19H2,1-2H3,(H,39,40,44)/t24?,26?,29?,31?,34?,35?,36-/m0/s1. The normalized spacial score (nSPS) is 33.1. The van der Waals surface area contributed by atoms with Crippen LogP contribution in [-0.2, 0) is 11.2 Å². The molecule has 2 aromatic carbocycles. The number of H-pyrrole nitrogens is 1. The zero-order chi connectivity index (χ0) is 32.0. The van der Waals surface area contributed by atoms with Crippen LogP contribution in [0.4, 0.5) is 4.39 Å². The first-order valence-corrected chi connectivity index (χ1v) is 17.1. The first-order valence-electron chi connectivity index (χ1n) is 16.1. The van der Waals surface area contributed by atoms with Gasteiger partial charge in [-0.3, -0.25) is 9.59 Å². The number of Topliss-reactive ketones (excluding diaryl/α,β-unsaturated/α-hetero) is 1. The van der Waals surface area contributed by atoms with Crippen molar-refractivity contribution in [2.45, 2.75) is 69.2 Å². The fourth-order valence-corrected chi connectivity index (χ4v) is 10.7. The Morgan fingerprint density at radius 3 is 2.74 bits per heavy atom. The number of thioether (sulfide) groups is 1. The Morgan fingerprint density at radius 1 is 1.15 bits per heavy atom. The molecule has 3 fully saturated rings. The van der Waals surface area contributed by atoms with Gasteiger partial charge in [-0.25, -0.2) is 14.1 Å². The van der Waals surface area contributed by atoms with E-state index in [1.165, 1.54) is 17.7 Å². The number of allylic oxidation sites excluding steroid dienone is 1. The minimum absolute atomic E-state index is 0.00778. The minimum atomic E-state index is -1.57. The lowest BCUT2D eigenvalue weighted by atomic mass is 9.45. The van der Waals surface area contributed by atoms with Gasteiger partial charge in [0, 0.05) is 5.41 Å². The predicted molar refractivity (Wildman–Crippen MR) is 174 cm³/mol. The third kappa shape index (κ3) is 4.26. The number of carbonyl (C=O) groups is 1. The van der Waals surface area contributed by atoms with Crippen molar-refractivity contribution in [3.63, 3.8) is 0 Å². The number of ketones is 1. The van der Waals surface area contributed by atoms with E-state index >= 15 is 0 Å². The summed E-state index contributed by atoms with van der Waals surface area (Å²) in [6, 6.07) is 13.4. The van der Waals surface area contributed by atoms with Crippen LogP contribution in [-0.4, -0.2) is 53.2 Å². The maximum absolute atomic E-state index is 13.9. The number of aromatic amines is 1. The van der Waals surface area contributed by atoms with Gasteiger partial charge in [0.15, 0.2) is 10.9 Å². The number of aromatic nitrogens is 4. The van der Waals surface area contributed by atoms with E-state index in [0.717, 1.165) is 54.4 Å². The summed E-state index contributed by atoms with van der Waals surface area (Å²) >= 11 is 1.14. The van der Waals surface area contributed by atoms with Crippen LogP contribution in [0, 0.1) is 34.4 Å². The van der Waals surface area contributed by atoms with E-state index in [1.807, 2.05) is 23.9 Å². The summed E-state index contributed by atoms with van der Waals surface area (Å²) in [5, 5.41) is 29.6. The molecule has 0 spiro atoms. The van der Waals surface area contributed by atoms with Gasteiger partial charge in [0.1, 0.15) is 11.4 Å². The second-order valence-corrected chi connectivity index (χ2v) is 15.2. The van der Waals surface area contributed by atoms with Crippen molar-refractivity contribution in [1.29, 1.82) is 0 Å². The molecule has 0 bridgehead atoms. The first-order chi connectivity index (χ1) is 22.0. The van der Waals surface area contributed by atoms with Gasteiger partial charge in [0.25, 0.3) is 5.56 Å². The van der Waals surface area contributed by atoms with Crippen LogP contribution < -0.4 is 5.56 Å². The van der Waals surface area contributed by atoms with Crippen LogP contribution in [0.2, 0.25) is 0 Å². The molecule has 46 heavy (non-hydrogen) atoms. The smallest absolute Gasteiger partial charge is 0.259 e. The zero-order valence-electron chi connectivity index (χ0n) is 25.9. The van der Waals surface area contributed by atoms with E-state index in [4.69, 9.17) is 0 Å². The van der Waals surface area contributed by atoms with E-state index in [2.05, 4.69) is 28.1 Å². The number of hydrogen-bond acceptors (Lipinski definition) is 7. The molecule has 3 saturated carbocycles. The molecular formula is C36H37FN4O4S. The fraction of sp³-hybridized carbons (Fsp3) is 0.444. The molecule has 4 aliphatic carbocycles. The van der Waals surface area contributed by atoms with Crippen LogP contribution in [0.5, 0.6) is 0 Å². The number of aliphatic hydroxyl groups excluding tert-OH is 1. The van der Waals surface area contributed by atoms with Gasteiger partial charge in [0.2, 0.25) is 0 Å². The third-order valence-electron chi connectivity index (χ3n) is 12.0. The molecule has 4 aromatic rings. The van der Waals surface area contributed by atoms with E-state index in [-0.39, 0.29) is 46.1 Å². The van der Waals surface area contributed by atoms with Crippen LogP contribution >= 0.6 is 11.8 Å². The number of carbonyl (C=O) groups excluding carboxylic acids is 1. The second-order valence-electron chi connectivity index (χ2n) is 14.2. The number of benzene rings is 2. The number of para-hydroxylation sites is 1. The van der Waals surface area contributed by atoms with Crippen molar-refractivity contribution in [3.05, 3.63) is 87.7 Å². The van der Waals surface area contributed by atoms with E-state index < -0.39 is 17.1 Å². The van der Waals surface area contributed by atoms with Crippen molar-refractivity contribution < 1.29 is 19.4 Å². The molecule has 238 valence electrons. The molecule has 3 N–H and O–H groups in total. The van der Waals surface area contributed by atoms with Crippen molar-refractivity contribution in [3.8, 4) is 5.69 Å². The van der Waals surface area contributed by atoms with Crippen molar-refractivity contribution in [2.24, 2.45) is 28.6 Å². The lowest BCUT2D eigenvalue weighted by molar-refractivity contribution is -0.177. The topological polar surface area (TPSA) is 121 Å². The van der Waals surface area contributed by atoms with Crippen LogP contribution in [0.3, 0.4) is 0 Å². The fourth-order valence-electron chi connectivity index (χ4n) is 9.82. The minimum Gasteiger partial charge on any atom is -0.393 e. The summed E-state index contributed by atoms with van der Waals surface area (Å²) in [5.74, 6) is -0.327. The van der Waals surface area contributed by atoms with E-state index in [0.29, 0.717) is 28.9 Å². The van der Waals surface area contributed by atoms with E-state index in [9.17, 15) is 24.2 Å². The summed E-state index contributed by atoms with van der Waals surface area (Å²) in [7, 11) is 0. The number of aliphatic hydroxyl groups is 2. The Kier molecular flexibility index (Phi) is 6.77. The van der Waals surface area contributed by atoms with Gasteiger partial charge in [-0.15, -0.1) is 0 Å². The highest BCUT2D eigenvalue weighted by Gasteiger charge is 2.68. The van der Waals surface area contributed by atoms with Gasteiger partial charge in [0.05, 0.1) is 40.3 Å². The molecule has 8 rings (SSSR count). The number of nitrogens with one attached hydrogen (secondary N) is 1. The molecule has 4 aliphatic rings. The molecule has 0 aliphatic heterocycles. The Bertz CT molecular complexity index is 1970. The molecule has 0 saturated heterocycles. The molecule has 6 unspecified atom stereocenters. The van der Waals surface area contributed by atoms with Crippen molar-refractivity contribution >= 4 is 34.5 Å². The zero-order valence-corrected chi connectivity index (χ0v) is 26.7. The first kappa shape index (κ1) is 29.8. The predicted octanol–water partition coefficient (Wildman–Crippen LogP) is 5.49. The Labute approximate surface area is 270 Å². The summed E-state index contributed by atoms with van der Waals surface area (Å²) in [6.45, 7) is 4.27. The quantitative estimate of drug-likeness (QED) is 0.195. The number of halogens is 1. The Balaban J connectivity index is 1.04. The highest BCUT2D eigenvalue weighted by molar-refractivity contribution is 7.99. The Morgan fingerprint density at radius 2 is 1.93 bits per heavy atom. The summed E-state index contributed by atoms with van der Waals surface area (Å²) < 4.78 is 15.5. The van der Waals surface area contributed by atoms with Gasteiger partial charge in [-0.05, 0) is 110 Å². The maximum atomic E-state index is 13.9. The average molecular weight is 641 g/mol. The number of hydrogen-bond donors (Lipinski definition) is 3. The molecule has 8 nitrogen and oxygen atoms in total. The average Bonchev–Trinajstić information content (AvgIpc) is 3.56. The van der Waals surface area contributed by atoms with Crippen molar-refractivity contribution in [2.75, 3.05) is 5.75 Å². The molecule has 0 radical (unpaired) electrons. The highest BCUT2D eigenvalue weighted by atomic mass is 32.2. The SMILES string of the molecule is CC12Cc3cnn(-c4ccc(F)cc4)c3C=C1CCC1C2C(O)CC2(C)C1CC[C@]2(O)C(=O)CSc1nc2ccccc2c(=O)[nH]1. The maximum Gasteiger partial charge on any atom is 0.259 e. The largest absolute Gasteiger partial charge is 0.393 e. The summed E-state index contributed by atoms with van der Waals surface area (Å²) in [5.41, 5.74) is 1.91. The third-order valence-corrected chi connectivity index (χ3v) is 12.9. The van der Waals surface area contributed by atoms with Gasteiger partial charge >= 0.3 is 0 Å². The van der Waals surface area contributed by atoms with Gasteiger partial charge in [-0.1, -0.05) is 43.3 Å². The van der Waals surface area contributed by atoms with Gasteiger partial charge in [-0.2, -0.15) is 5.10 Å².